The summed E-state index contributed by atoms with van der Waals surface area (Å²) < 4.78 is 16.2. The van der Waals surface area contributed by atoms with Gasteiger partial charge in [0.1, 0.15) is 22.8 Å². The summed E-state index contributed by atoms with van der Waals surface area (Å²) in [7, 11) is 1.56. The molecule has 0 bridgehead atoms. The number of benzene rings is 2. The van der Waals surface area contributed by atoms with Gasteiger partial charge in [0.15, 0.2) is 0 Å². The van der Waals surface area contributed by atoms with E-state index in [-0.39, 0.29) is 23.5 Å². The van der Waals surface area contributed by atoms with Gasteiger partial charge in [-0.05, 0) is 18.6 Å². The van der Waals surface area contributed by atoms with Crippen molar-refractivity contribution in [2.24, 2.45) is 0 Å². The maximum Gasteiger partial charge on any atom is 0.336 e. The van der Waals surface area contributed by atoms with E-state index in [2.05, 4.69) is 0 Å². The first-order valence-corrected chi connectivity index (χ1v) is 8.13. The normalized spacial score (nSPS) is 16.2. The summed E-state index contributed by atoms with van der Waals surface area (Å²) in [5, 5.41) is 10.8. The summed E-state index contributed by atoms with van der Waals surface area (Å²) in [6.45, 7) is 1.72. The van der Waals surface area contributed by atoms with Crippen LogP contribution in [0.25, 0.3) is 11.0 Å². The summed E-state index contributed by atoms with van der Waals surface area (Å²) in [6.07, 6.45) is 0.0743. The van der Waals surface area contributed by atoms with Gasteiger partial charge in [0, 0.05) is 29.2 Å². The number of aromatic hydroxyl groups is 1. The van der Waals surface area contributed by atoms with Gasteiger partial charge in [-0.15, -0.1) is 0 Å². The van der Waals surface area contributed by atoms with Crippen LogP contribution in [-0.4, -0.2) is 18.2 Å². The molecule has 0 spiro atoms. The van der Waals surface area contributed by atoms with E-state index < -0.39 is 17.5 Å². The minimum atomic E-state index is -0.529. The maximum absolute atomic E-state index is 12.2. The Morgan fingerprint density at radius 2 is 1.96 bits per heavy atom. The first-order valence-electron chi connectivity index (χ1n) is 8.13. The third-order valence-electron chi connectivity index (χ3n) is 4.65. The number of methoxy groups -OCH3 is 1. The number of phenols is 1. The number of phenolic OH excluding ortho intramolecular Hbond substituents is 1. The molecular weight excluding hydrogens is 336 g/mol. The van der Waals surface area contributed by atoms with Crippen molar-refractivity contribution in [3.05, 3.63) is 63.5 Å². The van der Waals surface area contributed by atoms with Crippen molar-refractivity contribution in [3.8, 4) is 17.2 Å². The first-order chi connectivity index (χ1) is 12.5. The van der Waals surface area contributed by atoms with Crippen molar-refractivity contribution < 1.29 is 23.8 Å². The Morgan fingerprint density at radius 3 is 2.73 bits per heavy atom. The fourth-order valence-corrected chi connectivity index (χ4v) is 3.57. The lowest BCUT2D eigenvalue weighted by Gasteiger charge is -2.27. The second kappa shape index (κ2) is 5.91. The molecule has 1 atom stereocenters. The maximum atomic E-state index is 12.2. The number of carbonyl (C=O) groups excluding carboxylic acids is 1. The molecule has 4 rings (SSSR count). The Balaban J connectivity index is 2.10. The molecule has 1 unspecified atom stereocenters. The lowest BCUT2D eigenvalue weighted by molar-refractivity contribution is -0.135. The van der Waals surface area contributed by atoms with Crippen molar-refractivity contribution in [3.63, 3.8) is 0 Å². The van der Waals surface area contributed by atoms with E-state index in [0.717, 1.165) is 5.56 Å². The molecule has 132 valence electrons. The van der Waals surface area contributed by atoms with E-state index in [0.29, 0.717) is 22.3 Å². The summed E-state index contributed by atoms with van der Waals surface area (Å²) in [6, 6.07) is 10.1. The molecule has 0 saturated heterocycles. The number of aryl methyl sites for hydroxylation is 1. The highest BCUT2D eigenvalue weighted by atomic mass is 16.5. The molecule has 1 aliphatic rings. The van der Waals surface area contributed by atoms with Crippen LogP contribution in [0.5, 0.6) is 17.2 Å². The lowest BCUT2D eigenvalue weighted by Crippen LogP contribution is -2.22. The lowest BCUT2D eigenvalue weighted by atomic mass is 9.84. The van der Waals surface area contributed by atoms with Crippen LogP contribution in [0.1, 0.15) is 29.0 Å². The number of esters is 1. The number of carbonyl (C=O) groups is 1. The highest BCUT2D eigenvalue weighted by molar-refractivity contribution is 5.94. The third-order valence-corrected chi connectivity index (χ3v) is 4.65. The monoisotopic (exact) mass is 352 g/mol. The van der Waals surface area contributed by atoms with Gasteiger partial charge in [0.25, 0.3) is 0 Å². The molecule has 0 saturated carbocycles. The molecule has 1 N–H and O–H groups in total. The number of ether oxygens (including phenoxy) is 2. The van der Waals surface area contributed by atoms with Gasteiger partial charge in [0.2, 0.25) is 0 Å². The Morgan fingerprint density at radius 1 is 1.19 bits per heavy atom. The van der Waals surface area contributed by atoms with E-state index in [9.17, 15) is 14.7 Å². The highest BCUT2D eigenvalue weighted by Crippen LogP contribution is 2.47. The number of rotatable bonds is 2. The molecule has 2 heterocycles. The predicted octanol–water partition coefficient (Wildman–Crippen LogP) is 3.26. The van der Waals surface area contributed by atoms with Crippen LogP contribution in [0.4, 0.5) is 0 Å². The summed E-state index contributed by atoms with van der Waals surface area (Å²) in [5.74, 6) is -0.142. The van der Waals surface area contributed by atoms with E-state index in [1.165, 1.54) is 12.1 Å². The number of para-hydroxylation sites is 1. The molecule has 1 aliphatic heterocycles. The van der Waals surface area contributed by atoms with Crippen LogP contribution in [-0.2, 0) is 4.79 Å². The summed E-state index contributed by atoms with van der Waals surface area (Å²) >= 11 is 0. The number of hydrogen-bond donors (Lipinski definition) is 1. The van der Waals surface area contributed by atoms with Crippen molar-refractivity contribution in [2.45, 2.75) is 19.3 Å². The van der Waals surface area contributed by atoms with E-state index in [1.54, 1.807) is 20.1 Å². The van der Waals surface area contributed by atoms with Crippen LogP contribution in [0.3, 0.4) is 0 Å². The van der Waals surface area contributed by atoms with Crippen LogP contribution in [0, 0.1) is 6.92 Å². The molecule has 1 aromatic heterocycles. The van der Waals surface area contributed by atoms with Gasteiger partial charge in [-0.3, -0.25) is 4.79 Å². The zero-order chi connectivity index (χ0) is 18.4. The fraction of sp³-hybridized carbons (Fsp3) is 0.200. The highest BCUT2D eigenvalue weighted by Gasteiger charge is 2.34. The van der Waals surface area contributed by atoms with Gasteiger partial charge in [-0.1, -0.05) is 18.2 Å². The van der Waals surface area contributed by atoms with Crippen molar-refractivity contribution >= 4 is 16.9 Å². The second-order valence-electron chi connectivity index (χ2n) is 6.23. The Kier molecular flexibility index (Phi) is 3.68. The topological polar surface area (TPSA) is 86.0 Å². The predicted molar refractivity (Wildman–Crippen MR) is 94.0 cm³/mol. The molecular formula is C20H16O6. The largest absolute Gasteiger partial charge is 0.507 e. The van der Waals surface area contributed by atoms with Gasteiger partial charge < -0.3 is 19.0 Å². The number of hydrogen-bond acceptors (Lipinski definition) is 6. The van der Waals surface area contributed by atoms with Crippen LogP contribution in [0.15, 0.2) is 45.6 Å². The first kappa shape index (κ1) is 16.2. The Labute approximate surface area is 148 Å². The molecule has 26 heavy (non-hydrogen) atoms. The van der Waals surface area contributed by atoms with Crippen LogP contribution < -0.4 is 15.1 Å². The van der Waals surface area contributed by atoms with E-state index in [4.69, 9.17) is 13.9 Å². The van der Waals surface area contributed by atoms with Gasteiger partial charge in [0.05, 0.1) is 18.9 Å². The van der Waals surface area contributed by atoms with Crippen LogP contribution >= 0.6 is 0 Å². The average molecular weight is 352 g/mol. The zero-order valence-electron chi connectivity index (χ0n) is 14.2. The van der Waals surface area contributed by atoms with Crippen LogP contribution in [0.2, 0.25) is 0 Å². The Bertz CT molecular complexity index is 1100. The zero-order valence-corrected chi connectivity index (χ0v) is 14.2. The molecule has 6 nitrogen and oxygen atoms in total. The SMILES string of the molecule is COc1ccccc1C1CC(=O)Oc2cc(O)c3c(C)cc(=O)oc3c21. The smallest absolute Gasteiger partial charge is 0.336 e. The summed E-state index contributed by atoms with van der Waals surface area (Å²) in [5.41, 5.74) is 1.63. The molecule has 3 aromatic rings. The molecule has 6 heteroatoms. The summed E-state index contributed by atoms with van der Waals surface area (Å²) in [4.78, 5) is 24.1. The van der Waals surface area contributed by atoms with Crippen molar-refractivity contribution in [1.29, 1.82) is 0 Å². The minimum Gasteiger partial charge on any atom is -0.507 e. The fourth-order valence-electron chi connectivity index (χ4n) is 3.57. The molecule has 2 aromatic carbocycles. The minimum absolute atomic E-state index is 0.0743. The average Bonchev–Trinajstić information content (AvgIpc) is 2.60. The van der Waals surface area contributed by atoms with Crippen molar-refractivity contribution in [1.82, 2.24) is 0 Å². The van der Waals surface area contributed by atoms with E-state index >= 15 is 0 Å². The molecule has 0 aliphatic carbocycles. The van der Waals surface area contributed by atoms with Gasteiger partial charge in [-0.25, -0.2) is 4.79 Å². The van der Waals surface area contributed by atoms with Gasteiger partial charge >= 0.3 is 11.6 Å². The molecule has 0 radical (unpaired) electrons. The third kappa shape index (κ3) is 2.42. The molecule has 0 fully saturated rings. The quantitative estimate of drug-likeness (QED) is 0.433. The van der Waals surface area contributed by atoms with E-state index in [1.807, 2.05) is 18.2 Å². The van der Waals surface area contributed by atoms with Crippen molar-refractivity contribution in [2.75, 3.05) is 7.11 Å². The number of fused-ring (bicyclic) bond motifs is 3. The standard InChI is InChI=1S/C20H16O6/c1-10-7-16(22)26-20-18(10)13(21)9-15-19(20)12(8-17(23)25-15)11-5-3-4-6-14(11)24-2/h3-7,9,12,21H,8H2,1-2H3. The molecule has 0 amide bonds. The second-order valence-corrected chi connectivity index (χ2v) is 6.23. The Hall–Kier alpha value is -3.28. The van der Waals surface area contributed by atoms with Gasteiger partial charge in [-0.2, -0.15) is 0 Å².